The van der Waals surface area contributed by atoms with Crippen molar-refractivity contribution in [3.05, 3.63) is 21.9 Å². The molecule has 0 N–H and O–H groups in total. The van der Waals surface area contributed by atoms with Crippen LogP contribution >= 0.6 is 11.3 Å². The summed E-state index contributed by atoms with van der Waals surface area (Å²) in [6, 6.07) is 3.87. The summed E-state index contributed by atoms with van der Waals surface area (Å²) in [6.45, 7) is 0.567. The molecule has 4 fully saturated rings. The summed E-state index contributed by atoms with van der Waals surface area (Å²) in [5.41, 5.74) is 0. The van der Waals surface area contributed by atoms with Crippen molar-refractivity contribution in [1.82, 2.24) is 0 Å². The Bertz CT molecular complexity index is 671. The van der Waals surface area contributed by atoms with Gasteiger partial charge < -0.3 is 18.9 Å². The molecule has 0 aromatic carbocycles. The molecule has 2 aliphatic carbocycles. The van der Waals surface area contributed by atoms with Crippen molar-refractivity contribution < 1.29 is 28.5 Å². The number of esters is 2. The van der Waals surface area contributed by atoms with Crippen molar-refractivity contribution in [3.8, 4) is 0 Å². The number of epoxide rings is 2. The molecule has 146 valence electrons. The van der Waals surface area contributed by atoms with Gasteiger partial charge in [-0.1, -0.05) is 0 Å². The minimum atomic E-state index is -0.122. The first-order valence-corrected chi connectivity index (χ1v) is 10.7. The predicted molar refractivity (Wildman–Crippen MR) is 95.9 cm³/mol. The van der Waals surface area contributed by atoms with Crippen molar-refractivity contribution in [2.24, 2.45) is 11.8 Å². The second-order valence-corrected chi connectivity index (χ2v) is 9.28. The second-order valence-electron chi connectivity index (χ2n) is 8.03. The average Bonchev–Trinajstić information content (AvgIpc) is 3.59. The Labute approximate surface area is 162 Å². The van der Waals surface area contributed by atoms with Crippen LogP contribution < -0.4 is 0 Å². The van der Waals surface area contributed by atoms with Crippen LogP contribution in [-0.4, -0.2) is 36.4 Å². The van der Waals surface area contributed by atoms with Gasteiger partial charge in [-0.2, -0.15) is 0 Å². The van der Waals surface area contributed by atoms with Crippen LogP contribution in [0.5, 0.6) is 0 Å². The maximum atomic E-state index is 12.2. The maximum absolute atomic E-state index is 12.2. The molecule has 2 aliphatic heterocycles. The van der Waals surface area contributed by atoms with Crippen LogP contribution in [0.1, 0.15) is 48.3 Å². The number of rotatable bonds is 6. The molecule has 27 heavy (non-hydrogen) atoms. The zero-order chi connectivity index (χ0) is 18.4. The SMILES string of the molecule is O=C(OCc1ccc(COC(=O)C2CCC3OC3C2)s1)C1CCC2OC2C1. The number of carbonyl (C=O) groups is 2. The monoisotopic (exact) mass is 392 g/mol. The van der Waals surface area contributed by atoms with E-state index in [-0.39, 0.29) is 49.2 Å². The topological polar surface area (TPSA) is 77.7 Å². The Morgan fingerprint density at radius 2 is 1.30 bits per heavy atom. The third-order valence-corrected chi connectivity index (χ3v) is 7.14. The minimum Gasteiger partial charge on any atom is -0.460 e. The van der Waals surface area contributed by atoms with E-state index >= 15 is 0 Å². The quantitative estimate of drug-likeness (QED) is 0.547. The summed E-state index contributed by atoms with van der Waals surface area (Å²) in [7, 11) is 0. The number of thiophene rings is 1. The summed E-state index contributed by atoms with van der Waals surface area (Å²) in [4.78, 5) is 26.4. The van der Waals surface area contributed by atoms with Crippen LogP contribution in [-0.2, 0) is 41.8 Å². The number of hydrogen-bond acceptors (Lipinski definition) is 7. The van der Waals surface area contributed by atoms with Crippen LogP contribution in [0, 0.1) is 11.8 Å². The highest BCUT2D eigenvalue weighted by Gasteiger charge is 2.47. The molecule has 1 aromatic heterocycles. The van der Waals surface area contributed by atoms with Crippen molar-refractivity contribution in [2.75, 3.05) is 0 Å². The molecule has 1 aromatic rings. The van der Waals surface area contributed by atoms with Gasteiger partial charge in [0.15, 0.2) is 0 Å². The van der Waals surface area contributed by atoms with Crippen LogP contribution in [0.15, 0.2) is 12.1 Å². The summed E-state index contributed by atoms with van der Waals surface area (Å²) in [6.07, 6.45) is 6.58. The fourth-order valence-corrected chi connectivity index (χ4v) is 5.18. The fourth-order valence-electron chi connectivity index (χ4n) is 4.33. The first-order valence-electron chi connectivity index (χ1n) is 9.87. The van der Waals surface area contributed by atoms with E-state index < -0.39 is 0 Å². The molecule has 6 atom stereocenters. The normalized spacial score (nSPS) is 36.3. The van der Waals surface area contributed by atoms with Gasteiger partial charge in [0.1, 0.15) is 13.2 Å². The highest BCUT2D eigenvalue weighted by Crippen LogP contribution is 2.40. The lowest BCUT2D eigenvalue weighted by molar-refractivity contribution is -0.151. The molecule has 3 heterocycles. The van der Waals surface area contributed by atoms with E-state index in [1.807, 2.05) is 12.1 Å². The van der Waals surface area contributed by atoms with Crippen molar-refractivity contribution in [1.29, 1.82) is 0 Å². The lowest BCUT2D eigenvalue weighted by Gasteiger charge is -2.17. The zero-order valence-electron chi connectivity index (χ0n) is 15.1. The molecule has 2 saturated carbocycles. The molecule has 0 bridgehead atoms. The van der Waals surface area contributed by atoms with Gasteiger partial charge in [0.25, 0.3) is 0 Å². The van der Waals surface area contributed by atoms with E-state index in [2.05, 4.69) is 0 Å². The van der Waals surface area contributed by atoms with Gasteiger partial charge in [-0.05, 0) is 50.7 Å². The molecule has 6 nitrogen and oxygen atoms in total. The van der Waals surface area contributed by atoms with Crippen LogP contribution in [0.2, 0.25) is 0 Å². The minimum absolute atomic E-state index is 0.0281. The van der Waals surface area contributed by atoms with Gasteiger partial charge in [-0.3, -0.25) is 9.59 Å². The van der Waals surface area contributed by atoms with Gasteiger partial charge in [0, 0.05) is 9.75 Å². The summed E-state index contributed by atoms with van der Waals surface area (Å²) >= 11 is 1.52. The van der Waals surface area contributed by atoms with Gasteiger partial charge in [0.2, 0.25) is 0 Å². The van der Waals surface area contributed by atoms with E-state index in [1.54, 1.807) is 0 Å². The average molecular weight is 392 g/mol. The van der Waals surface area contributed by atoms with Gasteiger partial charge >= 0.3 is 11.9 Å². The Balaban J connectivity index is 1.05. The fraction of sp³-hybridized carbons (Fsp3) is 0.700. The van der Waals surface area contributed by atoms with E-state index in [0.717, 1.165) is 48.3 Å². The highest BCUT2D eigenvalue weighted by molar-refractivity contribution is 7.11. The molecule has 0 amide bonds. The van der Waals surface area contributed by atoms with Crippen molar-refractivity contribution in [2.45, 2.75) is 76.2 Å². The lowest BCUT2D eigenvalue weighted by Crippen LogP contribution is -2.23. The molecule has 2 saturated heterocycles. The second kappa shape index (κ2) is 7.18. The van der Waals surface area contributed by atoms with E-state index in [4.69, 9.17) is 18.9 Å². The predicted octanol–water partition coefficient (Wildman–Crippen LogP) is 2.97. The number of fused-ring (bicyclic) bond motifs is 2. The van der Waals surface area contributed by atoms with Gasteiger partial charge in [-0.15, -0.1) is 11.3 Å². The van der Waals surface area contributed by atoms with Gasteiger partial charge in [0.05, 0.1) is 36.3 Å². The molecule has 0 spiro atoms. The highest BCUT2D eigenvalue weighted by atomic mass is 32.1. The first kappa shape index (κ1) is 17.6. The molecule has 0 radical (unpaired) electrons. The Kier molecular flexibility index (Phi) is 4.70. The molecule has 4 aliphatic rings. The summed E-state index contributed by atoms with van der Waals surface area (Å²) in [5, 5.41) is 0. The molecular weight excluding hydrogens is 368 g/mol. The van der Waals surface area contributed by atoms with Crippen molar-refractivity contribution >= 4 is 23.3 Å². The first-order chi connectivity index (χ1) is 13.2. The third kappa shape index (κ3) is 4.05. The molecule has 6 unspecified atom stereocenters. The summed E-state index contributed by atoms with van der Waals surface area (Å²) < 4.78 is 21.9. The Hall–Kier alpha value is -1.44. The number of ether oxygens (including phenoxy) is 4. The third-order valence-electron chi connectivity index (χ3n) is 6.11. The largest absolute Gasteiger partial charge is 0.460 e. The van der Waals surface area contributed by atoms with E-state index in [1.165, 1.54) is 11.3 Å². The maximum Gasteiger partial charge on any atom is 0.309 e. The molecule has 7 heteroatoms. The van der Waals surface area contributed by atoms with E-state index in [9.17, 15) is 9.59 Å². The lowest BCUT2D eigenvalue weighted by atomic mass is 9.89. The number of carbonyl (C=O) groups excluding carboxylic acids is 2. The Morgan fingerprint density at radius 3 is 1.74 bits per heavy atom. The Morgan fingerprint density at radius 1 is 0.815 bits per heavy atom. The van der Waals surface area contributed by atoms with Gasteiger partial charge in [-0.25, -0.2) is 0 Å². The zero-order valence-corrected chi connectivity index (χ0v) is 15.9. The van der Waals surface area contributed by atoms with Crippen LogP contribution in [0.25, 0.3) is 0 Å². The number of hydrogen-bond donors (Lipinski definition) is 0. The van der Waals surface area contributed by atoms with Crippen molar-refractivity contribution in [3.63, 3.8) is 0 Å². The summed E-state index contributed by atoms with van der Waals surface area (Å²) in [5.74, 6) is -0.300. The standard InChI is InChI=1S/C20H24O6S/c21-19(11-1-5-15-17(7-11)25-15)23-9-13-3-4-14(27-13)10-24-20(22)12-2-6-16-18(8-12)26-16/h3-4,11-12,15-18H,1-2,5-10H2. The van der Waals surface area contributed by atoms with Crippen LogP contribution in [0.3, 0.4) is 0 Å². The van der Waals surface area contributed by atoms with Crippen LogP contribution in [0.4, 0.5) is 0 Å². The van der Waals surface area contributed by atoms with E-state index in [0.29, 0.717) is 12.2 Å². The molecule has 5 rings (SSSR count). The molecular formula is C20H24O6S. The smallest absolute Gasteiger partial charge is 0.309 e.